The molecule has 2 aromatic carbocycles. The van der Waals surface area contributed by atoms with Crippen molar-refractivity contribution in [3.05, 3.63) is 108 Å². The molecule has 34 heavy (non-hydrogen) atoms. The molecule has 5 aromatic rings. The van der Waals surface area contributed by atoms with Crippen LogP contribution in [0.2, 0.25) is 0 Å². The highest BCUT2D eigenvalue weighted by Crippen LogP contribution is 2.42. The normalized spacial score (nSPS) is 11.1. The summed E-state index contributed by atoms with van der Waals surface area (Å²) < 4.78 is 22.8. The van der Waals surface area contributed by atoms with Gasteiger partial charge in [-0.3, -0.25) is 0 Å². The number of aryl methyl sites for hydroxylation is 1. The van der Waals surface area contributed by atoms with Gasteiger partial charge in [-0.05, 0) is 66.6 Å². The smallest absolute Gasteiger partial charge is 0.238 e. The second-order valence-electron chi connectivity index (χ2n) is 7.65. The van der Waals surface area contributed by atoms with Crippen LogP contribution < -0.4 is 4.74 Å². The predicted octanol–water partition coefficient (Wildman–Crippen LogP) is 7.31. The van der Waals surface area contributed by atoms with Crippen molar-refractivity contribution in [3.63, 3.8) is 0 Å². The average Bonchev–Trinajstić information content (AvgIpc) is 3.63. The Morgan fingerprint density at radius 3 is 2.26 bits per heavy atom. The minimum atomic E-state index is 0.181. The highest BCUT2D eigenvalue weighted by Gasteiger charge is 2.25. The summed E-state index contributed by atoms with van der Waals surface area (Å²) in [4.78, 5) is 4.44. The molecule has 0 aliphatic carbocycles. The van der Waals surface area contributed by atoms with Crippen molar-refractivity contribution in [1.29, 1.82) is 5.26 Å². The molecule has 0 saturated heterocycles. The zero-order valence-corrected chi connectivity index (χ0v) is 18.4. The average molecular weight is 448 g/mol. The first-order chi connectivity index (χ1) is 16.7. The molecule has 0 amide bonds. The van der Waals surface area contributed by atoms with Crippen LogP contribution in [0.15, 0.2) is 104 Å². The third kappa shape index (κ3) is 4.41. The molecule has 0 fully saturated rings. The number of hydrogen-bond acceptors (Lipinski definition) is 6. The maximum atomic E-state index is 9.84. The Morgan fingerprint density at radius 1 is 0.912 bits per heavy atom. The molecule has 0 saturated carbocycles. The van der Waals surface area contributed by atoms with Crippen LogP contribution in [-0.2, 0) is 6.61 Å². The van der Waals surface area contributed by atoms with Gasteiger partial charge in [-0.25, -0.2) is 4.99 Å². The maximum absolute atomic E-state index is 9.84. The quantitative estimate of drug-likeness (QED) is 0.244. The molecule has 0 unspecified atom stereocenters. The van der Waals surface area contributed by atoms with Crippen molar-refractivity contribution in [2.24, 2.45) is 4.99 Å². The molecular formula is C28H20N2O4. The summed E-state index contributed by atoms with van der Waals surface area (Å²) in [6.45, 7) is 2.56. The summed E-state index contributed by atoms with van der Waals surface area (Å²) in [6, 6.07) is 25.0. The summed E-state index contributed by atoms with van der Waals surface area (Å²) in [6.07, 6.45) is 4.73. The van der Waals surface area contributed by atoms with E-state index in [9.17, 15) is 5.26 Å². The van der Waals surface area contributed by atoms with Crippen LogP contribution >= 0.6 is 0 Å². The number of hydrogen-bond donors (Lipinski definition) is 0. The minimum Gasteiger partial charge on any atom is -0.489 e. The first-order valence-electron chi connectivity index (χ1n) is 10.7. The van der Waals surface area contributed by atoms with Crippen LogP contribution in [0, 0.1) is 18.3 Å². The fraction of sp³-hybridized carbons (Fsp3) is 0.0714. The van der Waals surface area contributed by atoms with Crippen LogP contribution in [0.5, 0.6) is 5.75 Å². The van der Waals surface area contributed by atoms with Gasteiger partial charge in [0, 0.05) is 6.21 Å². The second kappa shape index (κ2) is 9.39. The number of nitrogens with zero attached hydrogens (tertiary/aromatic N) is 2. The summed E-state index contributed by atoms with van der Waals surface area (Å²) >= 11 is 0. The third-order valence-corrected chi connectivity index (χ3v) is 5.25. The first kappa shape index (κ1) is 21.1. The molecule has 0 radical (unpaired) electrons. The number of furan rings is 3. The molecule has 166 valence electrons. The molecule has 0 N–H and O–H groups in total. The van der Waals surface area contributed by atoms with Gasteiger partial charge in [0.15, 0.2) is 11.5 Å². The number of nitriles is 1. The van der Waals surface area contributed by atoms with Crippen molar-refractivity contribution in [2.45, 2.75) is 13.5 Å². The zero-order chi connectivity index (χ0) is 23.3. The van der Waals surface area contributed by atoms with Crippen molar-refractivity contribution in [1.82, 2.24) is 0 Å². The Kier molecular flexibility index (Phi) is 5.83. The van der Waals surface area contributed by atoms with E-state index < -0.39 is 0 Å². The lowest BCUT2D eigenvalue weighted by molar-refractivity contribution is 0.306. The van der Waals surface area contributed by atoms with Crippen LogP contribution in [0.1, 0.15) is 22.3 Å². The Balaban J connectivity index is 1.37. The molecule has 0 spiro atoms. The third-order valence-electron chi connectivity index (χ3n) is 5.25. The van der Waals surface area contributed by atoms with Gasteiger partial charge in [0.1, 0.15) is 29.7 Å². The highest BCUT2D eigenvalue weighted by atomic mass is 16.5. The van der Waals surface area contributed by atoms with E-state index >= 15 is 0 Å². The lowest BCUT2D eigenvalue weighted by Crippen LogP contribution is -1.95. The summed E-state index contributed by atoms with van der Waals surface area (Å²) in [5.74, 6) is 2.32. The Morgan fingerprint density at radius 2 is 1.62 bits per heavy atom. The molecule has 3 heterocycles. The fourth-order valence-electron chi connectivity index (χ4n) is 3.49. The van der Waals surface area contributed by atoms with Gasteiger partial charge in [0.2, 0.25) is 5.88 Å². The van der Waals surface area contributed by atoms with Gasteiger partial charge >= 0.3 is 0 Å². The van der Waals surface area contributed by atoms with Gasteiger partial charge in [0.05, 0.1) is 18.1 Å². The lowest BCUT2D eigenvalue weighted by Gasteiger charge is -2.06. The van der Waals surface area contributed by atoms with Crippen LogP contribution in [-0.4, -0.2) is 6.21 Å². The molecule has 6 nitrogen and oxygen atoms in total. The molecule has 0 bridgehead atoms. The number of benzene rings is 2. The van der Waals surface area contributed by atoms with Crippen molar-refractivity contribution in [2.75, 3.05) is 0 Å². The van der Waals surface area contributed by atoms with E-state index in [4.69, 9.17) is 18.0 Å². The van der Waals surface area contributed by atoms with Crippen LogP contribution in [0.3, 0.4) is 0 Å². The molecule has 3 aromatic heterocycles. The molecule has 0 aliphatic heterocycles. The second-order valence-corrected chi connectivity index (χ2v) is 7.65. The molecule has 0 aliphatic rings. The largest absolute Gasteiger partial charge is 0.489 e. The van der Waals surface area contributed by atoms with E-state index in [-0.39, 0.29) is 11.4 Å². The standard InChI is InChI=1S/C28H20N2O4/c1-19-6-8-21(9-7-19)18-33-22-12-10-20(11-13-22)17-30-28-23(16-29)26(24-4-2-14-31-24)27(34-28)25-5-3-15-32-25/h2-15,17H,18H2,1H3. The van der Waals surface area contributed by atoms with E-state index in [0.29, 0.717) is 29.5 Å². The SMILES string of the molecule is Cc1ccc(COc2ccc(C=Nc3oc(-c4ccco4)c(-c4ccco4)c3C#N)cc2)cc1. The van der Waals surface area contributed by atoms with E-state index in [1.807, 2.05) is 24.3 Å². The molecule has 6 heteroatoms. The lowest BCUT2D eigenvalue weighted by atomic mass is 10.1. The molecule has 0 atom stereocenters. The summed E-state index contributed by atoms with van der Waals surface area (Å²) in [5, 5.41) is 9.84. The van der Waals surface area contributed by atoms with Gasteiger partial charge in [-0.15, -0.1) is 0 Å². The fourth-order valence-corrected chi connectivity index (χ4v) is 3.49. The topological polar surface area (TPSA) is 84.8 Å². The van der Waals surface area contributed by atoms with Gasteiger partial charge in [0.25, 0.3) is 0 Å². The van der Waals surface area contributed by atoms with Gasteiger partial charge in [-0.2, -0.15) is 5.26 Å². The number of rotatable bonds is 7. The van der Waals surface area contributed by atoms with Gasteiger partial charge in [-0.1, -0.05) is 29.8 Å². The van der Waals surface area contributed by atoms with E-state index in [1.165, 1.54) is 5.56 Å². The first-order valence-corrected chi connectivity index (χ1v) is 10.7. The highest BCUT2D eigenvalue weighted by molar-refractivity contribution is 5.87. The Hall–Kier alpha value is -4.76. The summed E-state index contributed by atoms with van der Waals surface area (Å²) in [5.41, 5.74) is 3.95. The Labute approximate surface area is 196 Å². The predicted molar refractivity (Wildman–Crippen MR) is 128 cm³/mol. The van der Waals surface area contributed by atoms with Gasteiger partial charge < -0.3 is 18.0 Å². The van der Waals surface area contributed by atoms with E-state index in [1.54, 1.807) is 43.0 Å². The Bertz CT molecular complexity index is 1430. The number of ether oxygens (including phenoxy) is 1. The minimum absolute atomic E-state index is 0.181. The van der Waals surface area contributed by atoms with Crippen LogP contribution in [0.25, 0.3) is 22.8 Å². The number of aliphatic imine (C=N–C) groups is 1. The molecular weight excluding hydrogens is 428 g/mol. The van der Waals surface area contributed by atoms with E-state index in [2.05, 4.69) is 42.3 Å². The van der Waals surface area contributed by atoms with Crippen LogP contribution in [0.4, 0.5) is 5.88 Å². The van der Waals surface area contributed by atoms with E-state index in [0.717, 1.165) is 16.9 Å². The monoisotopic (exact) mass is 448 g/mol. The van der Waals surface area contributed by atoms with Crippen molar-refractivity contribution < 1.29 is 18.0 Å². The van der Waals surface area contributed by atoms with Crippen molar-refractivity contribution in [3.8, 4) is 34.7 Å². The molecule has 5 rings (SSSR count). The zero-order valence-electron chi connectivity index (χ0n) is 18.4. The summed E-state index contributed by atoms with van der Waals surface area (Å²) in [7, 11) is 0. The van der Waals surface area contributed by atoms with Crippen molar-refractivity contribution >= 4 is 12.1 Å². The maximum Gasteiger partial charge on any atom is 0.238 e.